The lowest BCUT2D eigenvalue weighted by molar-refractivity contribution is -0.125. The number of furan rings is 1. The summed E-state index contributed by atoms with van der Waals surface area (Å²) in [7, 11) is 1.85. The number of fused-ring (bicyclic) bond motifs is 2. The van der Waals surface area contributed by atoms with E-state index in [2.05, 4.69) is 15.6 Å². The Morgan fingerprint density at radius 2 is 2.21 bits per heavy atom. The average molecular weight is 445 g/mol. The number of nitrogens with zero attached hydrogens (tertiary/aromatic N) is 1. The third-order valence-corrected chi connectivity index (χ3v) is 6.05. The van der Waals surface area contributed by atoms with Crippen LogP contribution in [-0.2, 0) is 11.2 Å². The molecule has 3 fully saturated rings. The van der Waals surface area contributed by atoms with Gasteiger partial charge in [0.1, 0.15) is 5.76 Å². The molecule has 1 spiro atoms. The summed E-state index contributed by atoms with van der Waals surface area (Å²) in [6.45, 7) is 1.76. The number of ether oxygens (including phenoxy) is 1. The highest BCUT2D eigenvalue weighted by atomic mass is 127. The van der Waals surface area contributed by atoms with Crippen molar-refractivity contribution in [3.63, 3.8) is 0 Å². The van der Waals surface area contributed by atoms with Gasteiger partial charge in [-0.15, -0.1) is 24.0 Å². The molecule has 0 bridgehead atoms. The molecule has 1 saturated heterocycles. The molecule has 3 atom stereocenters. The molecule has 5 nitrogen and oxygen atoms in total. The summed E-state index contributed by atoms with van der Waals surface area (Å²) in [6.07, 6.45) is 9.56. The SMILES string of the molecule is CN=C(NCCc1ccco1)NC1C2CCOC2C12CCCC2.I. The summed E-state index contributed by atoms with van der Waals surface area (Å²) < 4.78 is 11.4. The van der Waals surface area contributed by atoms with Crippen molar-refractivity contribution >= 4 is 29.9 Å². The Morgan fingerprint density at radius 3 is 2.92 bits per heavy atom. The van der Waals surface area contributed by atoms with Crippen molar-refractivity contribution in [3.05, 3.63) is 24.2 Å². The molecule has 2 saturated carbocycles. The van der Waals surface area contributed by atoms with Crippen LogP contribution in [-0.4, -0.2) is 38.3 Å². The van der Waals surface area contributed by atoms with Gasteiger partial charge in [-0.2, -0.15) is 0 Å². The summed E-state index contributed by atoms with van der Waals surface area (Å²) >= 11 is 0. The van der Waals surface area contributed by atoms with Gasteiger partial charge in [0, 0.05) is 44.0 Å². The highest BCUT2D eigenvalue weighted by Gasteiger charge is 2.65. The minimum atomic E-state index is 0. The molecule has 3 unspecified atom stereocenters. The quantitative estimate of drug-likeness (QED) is 0.425. The van der Waals surface area contributed by atoms with Crippen molar-refractivity contribution in [2.75, 3.05) is 20.2 Å². The molecule has 4 rings (SSSR count). The van der Waals surface area contributed by atoms with Crippen molar-refractivity contribution in [2.45, 2.75) is 50.7 Å². The van der Waals surface area contributed by atoms with Crippen LogP contribution in [0, 0.1) is 11.3 Å². The number of halogens is 1. The Kier molecular flexibility index (Phi) is 5.74. The molecule has 2 heterocycles. The van der Waals surface area contributed by atoms with Crippen LogP contribution in [0.25, 0.3) is 0 Å². The lowest BCUT2D eigenvalue weighted by Crippen LogP contribution is -2.69. The lowest BCUT2D eigenvalue weighted by Gasteiger charge is -2.57. The molecule has 0 radical (unpaired) electrons. The number of nitrogens with one attached hydrogen (secondary N) is 2. The van der Waals surface area contributed by atoms with Crippen LogP contribution in [0.5, 0.6) is 0 Å². The number of guanidine groups is 1. The van der Waals surface area contributed by atoms with E-state index in [1.807, 2.05) is 19.2 Å². The van der Waals surface area contributed by atoms with Crippen LogP contribution in [0.3, 0.4) is 0 Å². The maximum Gasteiger partial charge on any atom is 0.191 e. The van der Waals surface area contributed by atoms with Gasteiger partial charge in [0.15, 0.2) is 5.96 Å². The number of hydrogen-bond acceptors (Lipinski definition) is 3. The van der Waals surface area contributed by atoms with E-state index >= 15 is 0 Å². The highest BCUT2D eigenvalue weighted by Crippen LogP contribution is 2.60. The number of hydrogen-bond donors (Lipinski definition) is 2. The molecular formula is C18H28IN3O2. The van der Waals surface area contributed by atoms with Crippen LogP contribution < -0.4 is 10.6 Å². The van der Waals surface area contributed by atoms with E-state index in [-0.39, 0.29) is 24.0 Å². The van der Waals surface area contributed by atoms with Gasteiger partial charge in [-0.3, -0.25) is 4.99 Å². The first-order valence-corrected chi connectivity index (χ1v) is 8.95. The second kappa shape index (κ2) is 7.64. The van der Waals surface area contributed by atoms with Crippen molar-refractivity contribution in [3.8, 4) is 0 Å². The third kappa shape index (κ3) is 3.07. The molecule has 1 aliphatic heterocycles. The standard InChI is InChI=1S/C18H27N3O2.HI/c1-19-17(20-10-6-13-5-4-11-22-13)21-15-14-7-12-23-16(14)18(15)8-2-3-9-18;/h4-5,11,14-16H,2-3,6-10,12H2,1H3,(H2,19,20,21);1H. The fourth-order valence-corrected chi connectivity index (χ4v) is 5.00. The molecule has 0 amide bonds. The van der Waals surface area contributed by atoms with Gasteiger partial charge in [0.2, 0.25) is 0 Å². The topological polar surface area (TPSA) is 58.8 Å². The van der Waals surface area contributed by atoms with E-state index in [1.54, 1.807) is 6.26 Å². The number of aliphatic imine (C=N–C) groups is 1. The summed E-state index contributed by atoms with van der Waals surface area (Å²) in [5, 5.41) is 7.15. The first-order valence-electron chi connectivity index (χ1n) is 8.95. The molecule has 24 heavy (non-hydrogen) atoms. The summed E-state index contributed by atoms with van der Waals surface area (Å²) in [4.78, 5) is 4.42. The first-order chi connectivity index (χ1) is 11.3. The Balaban J connectivity index is 0.00000169. The van der Waals surface area contributed by atoms with Gasteiger partial charge in [0.05, 0.1) is 12.4 Å². The van der Waals surface area contributed by atoms with Gasteiger partial charge in [-0.1, -0.05) is 12.8 Å². The largest absolute Gasteiger partial charge is 0.469 e. The second-order valence-corrected chi connectivity index (χ2v) is 7.13. The number of rotatable bonds is 4. The van der Waals surface area contributed by atoms with Gasteiger partial charge < -0.3 is 19.8 Å². The highest BCUT2D eigenvalue weighted by molar-refractivity contribution is 14.0. The zero-order valence-electron chi connectivity index (χ0n) is 14.3. The van der Waals surface area contributed by atoms with Crippen molar-refractivity contribution in [1.29, 1.82) is 0 Å². The summed E-state index contributed by atoms with van der Waals surface area (Å²) in [5.74, 6) is 2.59. The minimum Gasteiger partial charge on any atom is -0.469 e. The molecule has 6 heteroatoms. The average Bonchev–Trinajstić information content (AvgIpc) is 3.31. The van der Waals surface area contributed by atoms with Gasteiger partial charge >= 0.3 is 0 Å². The van der Waals surface area contributed by atoms with E-state index in [9.17, 15) is 0 Å². The lowest BCUT2D eigenvalue weighted by atomic mass is 9.54. The Morgan fingerprint density at radius 1 is 1.38 bits per heavy atom. The molecule has 134 valence electrons. The van der Waals surface area contributed by atoms with E-state index in [1.165, 1.54) is 32.1 Å². The minimum absolute atomic E-state index is 0. The van der Waals surface area contributed by atoms with Crippen LogP contribution >= 0.6 is 24.0 Å². The van der Waals surface area contributed by atoms with Crippen LogP contribution in [0.1, 0.15) is 37.9 Å². The van der Waals surface area contributed by atoms with Gasteiger partial charge in [0.25, 0.3) is 0 Å². The maximum absolute atomic E-state index is 6.05. The predicted octanol–water partition coefficient (Wildman–Crippen LogP) is 2.95. The van der Waals surface area contributed by atoms with Crippen LogP contribution in [0.15, 0.2) is 27.8 Å². The molecule has 1 aromatic rings. The fourth-order valence-electron chi connectivity index (χ4n) is 5.00. The van der Waals surface area contributed by atoms with Gasteiger partial charge in [-0.25, -0.2) is 0 Å². The van der Waals surface area contributed by atoms with Crippen molar-refractivity contribution in [1.82, 2.24) is 10.6 Å². The van der Waals surface area contributed by atoms with E-state index < -0.39 is 0 Å². The smallest absolute Gasteiger partial charge is 0.191 e. The Labute approximate surface area is 161 Å². The zero-order chi connectivity index (χ0) is 15.7. The second-order valence-electron chi connectivity index (χ2n) is 7.13. The fraction of sp³-hybridized carbons (Fsp3) is 0.722. The molecule has 0 aromatic carbocycles. The Hall–Kier alpha value is -0.760. The first kappa shape index (κ1) is 18.0. The van der Waals surface area contributed by atoms with E-state index in [0.29, 0.717) is 23.5 Å². The van der Waals surface area contributed by atoms with E-state index in [0.717, 1.165) is 31.3 Å². The van der Waals surface area contributed by atoms with E-state index in [4.69, 9.17) is 9.15 Å². The van der Waals surface area contributed by atoms with Crippen LogP contribution in [0.4, 0.5) is 0 Å². The molecule has 3 aliphatic rings. The molecule has 1 aromatic heterocycles. The molecule has 2 aliphatic carbocycles. The normalized spacial score (nSPS) is 30.5. The molecular weight excluding hydrogens is 417 g/mol. The third-order valence-electron chi connectivity index (χ3n) is 6.05. The zero-order valence-corrected chi connectivity index (χ0v) is 16.6. The van der Waals surface area contributed by atoms with Crippen LogP contribution in [0.2, 0.25) is 0 Å². The van der Waals surface area contributed by atoms with Gasteiger partial charge in [-0.05, 0) is 31.4 Å². The summed E-state index contributed by atoms with van der Waals surface area (Å²) in [6, 6.07) is 4.46. The van der Waals surface area contributed by atoms with Crippen molar-refractivity contribution < 1.29 is 9.15 Å². The molecule has 2 N–H and O–H groups in total. The summed E-state index contributed by atoms with van der Waals surface area (Å²) in [5.41, 5.74) is 0.361. The Bertz CT molecular complexity index is 555. The monoisotopic (exact) mass is 445 g/mol. The maximum atomic E-state index is 6.05. The predicted molar refractivity (Wildman–Crippen MR) is 105 cm³/mol. The van der Waals surface area contributed by atoms with Crippen molar-refractivity contribution in [2.24, 2.45) is 16.3 Å².